The maximum absolute atomic E-state index is 11.9. The smallest absolute Gasteiger partial charge is 0.236 e. The molecule has 4 heteroatoms. The van der Waals surface area contributed by atoms with Crippen LogP contribution in [0.3, 0.4) is 0 Å². The van der Waals surface area contributed by atoms with Gasteiger partial charge in [0, 0.05) is 19.1 Å². The van der Waals surface area contributed by atoms with E-state index in [9.17, 15) is 4.79 Å². The number of nitrogens with one attached hydrogen (secondary N) is 1. The molecule has 0 radical (unpaired) electrons. The number of benzene rings is 1. The van der Waals surface area contributed by atoms with E-state index < -0.39 is 6.04 Å². The Bertz CT molecular complexity index is 408. The average molecular weight is 291 g/mol. The van der Waals surface area contributed by atoms with Crippen LogP contribution < -0.4 is 11.1 Å². The molecule has 2 unspecified atom stereocenters. The second kappa shape index (κ2) is 9.53. The predicted molar refractivity (Wildman–Crippen MR) is 88.1 cm³/mol. The van der Waals surface area contributed by atoms with Crippen molar-refractivity contribution in [2.75, 3.05) is 20.1 Å². The molecule has 2 atom stereocenters. The van der Waals surface area contributed by atoms with Crippen molar-refractivity contribution in [2.24, 2.45) is 5.73 Å². The van der Waals surface area contributed by atoms with Crippen LogP contribution in [-0.4, -0.2) is 43.0 Å². The first-order chi connectivity index (χ1) is 10.0. The number of nitrogens with two attached hydrogens (primary N) is 1. The third kappa shape index (κ3) is 6.74. The number of hydrogen-bond acceptors (Lipinski definition) is 3. The summed E-state index contributed by atoms with van der Waals surface area (Å²) in [4.78, 5) is 14.2. The molecule has 1 aromatic rings. The Morgan fingerprint density at radius 2 is 2.00 bits per heavy atom. The Labute approximate surface area is 128 Å². The van der Waals surface area contributed by atoms with E-state index in [2.05, 4.69) is 43.2 Å². The van der Waals surface area contributed by atoms with Crippen LogP contribution >= 0.6 is 0 Å². The SMILES string of the molecule is CCC(C)N(C)CCNC(=O)C(N)CCc1ccccc1. The molecular formula is C17H29N3O. The van der Waals surface area contributed by atoms with Crippen LogP contribution in [0.2, 0.25) is 0 Å². The Kier molecular flexibility index (Phi) is 8.01. The number of amides is 1. The van der Waals surface area contributed by atoms with E-state index in [0.717, 1.165) is 19.4 Å². The lowest BCUT2D eigenvalue weighted by Crippen LogP contribution is -2.44. The topological polar surface area (TPSA) is 58.4 Å². The fourth-order valence-corrected chi connectivity index (χ4v) is 2.12. The molecule has 21 heavy (non-hydrogen) atoms. The minimum Gasteiger partial charge on any atom is -0.353 e. The van der Waals surface area contributed by atoms with Gasteiger partial charge in [-0.25, -0.2) is 0 Å². The summed E-state index contributed by atoms with van der Waals surface area (Å²) < 4.78 is 0. The van der Waals surface area contributed by atoms with Gasteiger partial charge in [0.1, 0.15) is 0 Å². The van der Waals surface area contributed by atoms with E-state index >= 15 is 0 Å². The largest absolute Gasteiger partial charge is 0.353 e. The van der Waals surface area contributed by atoms with Crippen molar-refractivity contribution in [2.45, 2.75) is 45.2 Å². The number of rotatable bonds is 9. The van der Waals surface area contributed by atoms with E-state index in [4.69, 9.17) is 5.73 Å². The standard InChI is InChI=1S/C17H29N3O/c1-4-14(2)20(3)13-12-19-17(21)16(18)11-10-15-8-6-5-7-9-15/h5-9,14,16H,4,10-13,18H2,1-3H3,(H,19,21). The zero-order valence-corrected chi connectivity index (χ0v) is 13.5. The highest BCUT2D eigenvalue weighted by Crippen LogP contribution is 2.04. The third-order valence-corrected chi connectivity index (χ3v) is 4.03. The lowest BCUT2D eigenvalue weighted by Gasteiger charge is -2.23. The molecule has 0 saturated carbocycles. The highest BCUT2D eigenvalue weighted by Gasteiger charge is 2.13. The highest BCUT2D eigenvalue weighted by atomic mass is 16.2. The molecule has 0 aliphatic rings. The van der Waals surface area contributed by atoms with Crippen molar-refractivity contribution in [3.05, 3.63) is 35.9 Å². The Morgan fingerprint density at radius 1 is 1.33 bits per heavy atom. The second-order valence-corrected chi connectivity index (χ2v) is 5.66. The van der Waals surface area contributed by atoms with Crippen LogP contribution in [0.5, 0.6) is 0 Å². The molecule has 0 heterocycles. The zero-order chi connectivity index (χ0) is 15.7. The molecule has 0 bridgehead atoms. The molecule has 3 N–H and O–H groups in total. The summed E-state index contributed by atoms with van der Waals surface area (Å²) in [5, 5.41) is 2.92. The fourth-order valence-electron chi connectivity index (χ4n) is 2.12. The van der Waals surface area contributed by atoms with Gasteiger partial charge in [0.15, 0.2) is 0 Å². The van der Waals surface area contributed by atoms with Gasteiger partial charge in [-0.2, -0.15) is 0 Å². The summed E-state index contributed by atoms with van der Waals surface area (Å²) in [5.41, 5.74) is 7.16. The molecule has 118 valence electrons. The first-order valence-corrected chi connectivity index (χ1v) is 7.82. The van der Waals surface area contributed by atoms with Crippen molar-refractivity contribution in [1.82, 2.24) is 10.2 Å². The van der Waals surface area contributed by atoms with Crippen LogP contribution in [-0.2, 0) is 11.2 Å². The van der Waals surface area contributed by atoms with E-state index in [-0.39, 0.29) is 5.91 Å². The van der Waals surface area contributed by atoms with Crippen LogP contribution in [0.4, 0.5) is 0 Å². The molecule has 0 spiro atoms. The zero-order valence-electron chi connectivity index (χ0n) is 13.5. The van der Waals surface area contributed by atoms with Gasteiger partial charge < -0.3 is 16.0 Å². The highest BCUT2D eigenvalue weighted by molar-refractivity contribution is 5.81. The second-order valence-electron chi connectivity index (χ2n) is 5.66. The van der Waals surface area contributed by atoms with Crippen LogP contribution in [0.15, 0.2) is 30.3 Å². The van der Waals surface area contributed by atoms with Gasteiger partial charge in [0.2, 0.25) is 5.91 Å². The molecular weight excluding hydrogens is 262 g/mol. The molecule has 1 rings (SSSR count). The average Bonchev–Trinajstić information content (AvgIpc) is 2.52. The number of hydrogen-bond donors (Lipinski definition) is 2. The van der Waals surface area contributed by atoms with Gasteiger partial charge in [0.05, 0.1) is 6.04 Å². The number of carbonyl (C=O) groups is 1. The predicted octanol–water partition coefficient (Wildman–Crippen LogP) is 1.79. The van der Waals surface area contributed by atoms with Gasteiger partial charge in [-0.1, -0.05) is 37.3 Å². The maximum Gasteiger partial charge on any atom is 0.236 e. The molecule has 0 aliphatic carbocycles. The minimum atomic E-state index is -0.431. The third-order valence-electron chi connectivity index (χ3n) is 4.03. The number of carbonyl (C=O) groups excluding carboxylic acids is 1. The van der Waals surface area contributed by atoms with Gasteiger partial charge in [-0.15, -0.1) is 0 Å². The molecule has 0 aromatic heterocycles. The van der Waals surface area contributed by atoms with Crippen LogP contribution in [0.25, 0.3) is 0 Å². The molecule has 4 nitrogen and oxygen atoms in total. The summed E-state index contributed by atoms with van der Waals surface area (Å²) in [7, 11) is 2.08. The van der Waals surface area contributed by atoms with E-state index in [0.29, 0.717) is 19.0 Å². The summed E-state index contributed by atoms with van der Waals surface area (Å²) in [6.07, 6.45) is 2.63. The normalized spacial score (nSPS) is 14.0. The molecule has 0 aliphatic heterocycles. The van der Waals surface area contributed by atoms with Gasteiger partial charge in [-0.05, 0) is 38.8 Å². The summed E-state index contributed by atoms with van der Waals surface area (Å²) >= 11 is 0. The van der Waals surface area contributed by atoms with Gasteiger partial charge >= 0.3 is 0 Å². The Hall–Kier alpha value is -1.39. The van der Waals surface area contributed by atoms with Crippen molar-refractivity contribution in [3.8, 4) is 0 Å². The van der Waals surface area contributed by atoms with Crippen LogP contribution in [0.1, 0.15) is 32.3 Å². The summed E-state index contributed by atoms with van der Waals surface area (Å²) in [6, 6.07) is 10.2. The quantitative estimate of drug-likeness (QED) is 0.729. The molecule has 1 aromatic carbocycles. The monoisotopic (exact) mass is 291 g/mol. The van der Waals surface area contributed by atoms with E-state index in [1.165, 1.54) is 5.56 Å². The fraction of sp³-hybridized carbons (Fsp3) is 0.588. The Morgan fingerprint density at radius 3 is 2.62 bits per heavy atom. The number of aryl methyl sites for hydroxylation is 1. The minimum absolute atomic E-state index is 0.0523. The first-order valence-electron chi connectivity index (χ1n) is 7.82. The van der Waals surface area contributed by atoms with E-state index in [1.54, 1.807) is 0 Å². The maximum atomic E-state index is 11.9. The van der Waals surface area contributed by atoms with Crippen molar-refractivity contribution >= 4 is 5.91 Å². The van der Waals surface area contributed by atoms with Gasteiger partial charge in [-0.3, -0.25) is 4.79 Å². The van der Waals surface area contributed by atoms with Crippen molar-refractivity contribution < 1.29 is 4.79 Å². The van der Waals surface area contributed by atoms with E-state index in [1.807, 2.05) is 18.2 Å². The van der Waals surface area contributed by atoms with Crippen LogP contribution in [0, 0.1) is 0 Å². The Balaban J connectivity index is 2.22. The lowest BCUT2D eigenvalue weighted by atomic mass is 10.1. The summed E-state index contributed by atoms with van der Waals surface area (Å²) in [5.74, 6) is -0.0523. The van der Waals surface area contributed by atoms with Crippen molar-refractivity contribution in [1.29, 1.82) is 0 Å². The number of likely N-dealkylation sites (N-methyl/N-ethyl adjacent to an activating group) is 1. The summed E-state index contributed by atoms with van der Waals surface area (Å²) in [6.45, 7) is 5.86. The van der Waals surface area contributed by atoms with Gasteiger partial charge in [0.25, 0.3) is 0 Å². The molecule has 0 saturated heterocycles. The molecule has 1 amide bonds. The number of nitrogens with zero attached hydrogens (tertiary/aromatic N) is 1. The first kappa shape index (κ1) is 17.7. The molecule has 0 fully saturated rings. The van der Waals surface area contributed by atoms with Crippen molar-refractivity contribution in [3.63, 3.8) is 0 Å². The lowest BCUT2D eigenvalue weighted by molar-refractivity contribution is -0.122.